The lowest BCUT2D eigenvalue weighted by Gasteiger charge is -2.11. The Morgan fingerprint density at radius 3 is 2.73 bits per heavy atom. The van der Waals surface area contributed by atoms with Gasteiger partial charge in [0.05, 0.1) is 5.25 Å². The first-order valence-electron chi connectivity index (χ1n) is 7.13. The Kier molecular flexibility index (Phi) is 6.21. The maximum absolute atomic E-state index is 12.1. The molecule has 0 bridgehead atoms. The molecule has 1 amide bonds. The third kappa shape index (κ3) is 5.31. The average Bonchev–Trinajstić information content (AvgIpc) is 2.91. The van der Waals surface area contributed by atoms with Crippen molar-refractivity contribution in [2.75, 3.05) is 12.3 Å². The van der Waals surface area contributed by atoms with E-state index in [1.165, 1.54) is 16.9 Å². The first kappa shape index (κ1) is 16.8. The van der Waals surface area contributed by atoms with Gasteiger partial charge in [-0.2, -0.15) is 0 Å². The fraction of sp³-hybridized carbons (Fsp3) is 0.400. The maximum atomic E-state index is 12.1. The predicted octanol–water partition coefficient (Wildman–Crippen LogP) is 2.66. The van der Waals surface area contributed by atoms with Gasteiger partial charge in [0.2, 0.25) is 11.0 Å². The Hall–Kier alpha value is -1.60. The van der Waals surface area contributed by atoms with Crippen LogP contribution in [0.25, 0.3) is 0 Å². The summed E-state index contributed by atoms with van der Waals surface area (Å²) in [5, 5.41) is 12.0. The molecule has 22 heavy (non-hydrogen) atoms. The van der Waals surface area contributed by atoms with Crippen molar-refractivity contribution in [3.8, 4) is 0 Å². The van der Waals surface area contributed by atoms with Crippen molar-refractivity contribution in [3.05, 3.63) is 34.8 Å². The Morgan fingerprint density at radius 2 is 2.09 bits per heavy atom. The van der Waals surface area contributed by atoms with E-state index in [-0.39, 0.29) is 11.2 Å². The fourth-order valence-corrected chi connectivity index (χ4v) is 3.38. The topological polar surface area (TPSA) is 80.9 Å². The molecule has 0 saturated heterocycles. The number of nitrogens with zero attached hydrogens (tertiary/aromatic N) is 2. The minimum Gasteiger partial charge on any atom is -0.374 e. The molecular weight excluding hydrogens is 316 g/mol. The minimum absolute atomic E-state index is 0.0577. The van der Waals surface area contributed by atoms with Crippen LogP contribution in [0.4, 0.5) is 5.13 Å². The molecule has 0 aliphatic heterocycles. The summed E-state index contributed by atoms with van der Waals surface area (Å²) < 4.78 is 0. The largest absolute Gasteiger partial charge is 0.374 e. The summed E-state index contributed by atoms with van der Waals surface area (Å²) in [5.74, 6) is 0.0577. The summed E-state index contributed by atoms with van der Waals surface area (Å²) in [6.07, 6.45) is 1.62. The summed E-state index contributed by atoms with van der Waals surface area (Å²) in [6.45, 7) is 4.61. The first-order chi connectivity index (χ1) is 10.5. The minimum atomic E-state index is -0.111. The number of aryl methyl sites for hydroxylation is 2. The number of aromatic nitrogens is 2. The van der Waals surface area contributed by atoms with Gasteiger partial charge in [0.1, 0.15) is 5.01 Å². The van der Waals surface area contributed by atoms with Gasteiger partial charge in [-0.05, 0) is 32.4 Å². The second-order valence-corrected chi connectivity index (χ2v) is 7.51. The molecule has 1 aromatic carbocycles. The van der Waals surface area contributed by atoms with E-state index in [1.54, 1.807) is 11.8 Å². The average molecular weight is 336 g/mol. The number of thioether (sulfide) groups is 1. The zero-order valence-corrected chi connectivity index (χ0v) is 14.3. The molecule has 7 heteroatoms. The van der Waals surface area contributed by atoms with Crippen LogP contribution in [-0.4, -0.2) is 27.9 Å². The number of anilines is 1. The van der Waals surface area contributed by atoms with Crippen LogP contribution in [0.3, 0.4) is 0 Å². The zero-order chi connectivity index (χ0) is 15.9. The number of nitrogen functional groups attached to an aromatic ring is 1. The van der Waals surface area contributed by atoms with Gasteiger partial charge in [0.25, 0.3) is 0 Å². The van der Waals surface area contributed by atoms with Gasteiger partial charge in [0.15, 0.2) is 0 Å². The lowest BCUT2D eigenvalue weighted by Crippen LogP contribution is -2.31. The molecule has 118 valence electrons. The quantitative estimate of drug-likeness (QED) is 0.600. The summed E-state index contributed by atoms with van der Waals surface area (Å²) in [4.78, 5) is 13.2. The van der Waals surface area contributed by atoms with Gasteiger partial charge < -0.3 is 11.1 Å². The van der Waals surface area contributed by atoms with Gasteiger partial charge in [-0.25, -0.2) is 0 Å². The molecule has 0 fully saturated rings. The van der Waals surface area contributed by atoms with E-state index < -0.39 is 0 Å². The van der Waals surface area contributed by atoms with Crippen LogP contribution in [0.15, 0.2) is 29.2 Å². The van der Waals surface area contributed by atoms with Crippen LogP contribution in [-0.2, 0) is 11.2 Å². The van der Waals surface area contributed by atoms with Crippen molar-refractivity contribution >= 4 is 34.1 Å². The molecule has 1 heterocycles. The van der Waals surface area contributed by atoms with Gasteiger partial charge >= 0.3 is 0 Å². The van der Waals surface area contributed by atoms with Crippen molar-refractivity contribution in [3.63, 3.8) is 0 Å². The summed E-state index contributed by atoms with van der Waals surface area (Å²) in [5.41, 5.74) is 6.75. The number of carbonyl (C=O) groups is 1. The number of nitrogens with two attached hydrogens (primary N) is 1. The summed E-state index contributed by atoms with van der Waals surface area (Å²) in [7, 11) is 0. The van der Waals surface area contributed by atoms with Crippen LogP contribution >= 0.6 is 23.1 Å². The van der Waals surface area contributed by atoms with E-state index in [4.69, 9.17) is 5.73 Å². The molecule has 3 N–H and O–H groups in total. The Bertz CT molecular complexity index is 612. The second-order valence-electron chi connectivity index (χ2n) is 5.00. The van der Waals surface area contributed by atoms with Crippen LogP contribution in [0.1, 0.15) is 23.9 Å². The monoisotopic (exact) mass is 336 g/mol. The van der Waals surface area contributed by atoms with E-state index in [9.17, 15) is 4.79 Å². The Balaban J connectivity index is 1.68. The molecular formula is C15H20N4OS2. The van der Waals surface area contributed by atoms with Crippen LogP contribution in [0, 0.1) is 6.92 Å². The number of amides is 1. The van der Waals surface area contributed by atoms with Gasteiger partial charge in [0, 0.05) is 17.9 Å². The van der Waals surface area contributed by atoms with Crippen molar-refractivity contribution < 1.29 is 4.79 Å². The molecule has 0 aliphatic carbocycles. The van der Waals surface area contributed by atoms with Crippen LogP contribution in [0.2, 0.25) is 0 Å². The predicted molar refractivity (Wildman–Crippen MR) is 92.2 cm³/mol. The number of carbonyl (C=O) groups excluding carboxylic acids is 1. The van der Waals surface area contributed by atoms with Gasteiger partial charge in [-0.15, -0.1) is 22.0 Å². The van der Waals surface area contributed by atoms with Crippen LogP contribution in [0.5, 0.6) is 0 Å². The Morgan fingerprint density at radius 1 is 1.36 bits per heavy atom. The normalized spacial score (nSPS) is 12.1. The number of benzene rings is 1. The van der Waals surface area contributed by atoms with Crippen molar-refractivity contribution in [1.82, 2.24) is 15.5 Å². The third-order valence-corrected chi connectivity index (χ3v) is 4.98. The Labute approximate surface area is 138 Å². The lowest BCUT2D eigenvalue weighted by molar-refractivity contribution is -0.120. The van der Waals surface area contributed by atoms with Gasteiger partial charge in [-0.1, -0.05) is 29.0 Å². The standard InChI is InChI=1S/C15H20N4OS2/c1-10-5-7-12(8-6-10)21-11(2)14(20)17-9-3-4-13-18-19-15(16)22-13/h5-8,11H,3-4,9H2,1-2H3,(H2,16,19)(H,17,20)/t11-/m1/s1. The van der Waals surface area contributed by atoms with Crippen molar-refractivity contribution in [1.29, 1.82) is 0 Å². The number of hydrogen-bond acceptors (Lipinski definition) is 6. The molecule has 0 saturated carbocycles. The summed E-state index contributed by atoms with van der Waals surface area (Å²) >= 11 is 2.96. The molecule has 5 nitrogen and oxygen atoms in total. The fourth-order valence-electron chi connectivity index (χ4n) is 1.84. The lowest BCUT2D eigenvalue weighted by atomic mass is 10.2. The molecule has 1 aromatic heterocycles. The molecule has 2 rings (SSSR count). The number of nitrogens with one attached hydrogen (secondary N) is 1. The third-order valence-electron chi connectivity index (χ3n) is 3.05. The maximum Gasteiger partial charge on any atom is 0.233 e. The van der Waals surface area contributed by atoms with Crippen molar-refractivity contribution in [2.45, 2.75) is 36.8 Å². The molecule has 0 spiro atoms. The molecule has 0 aliphatic rings. The summed E-state index contributed by atoms with van der Waals surface area (Å²) in [6, 6.07) is 8.20. The first-order valence-corrected chi connectivity index (χ1v) is 8.83. The highest BCUT2D eigenvalue weighted by Gasteiger charge is 2.13. The SMILES string of the molecule is Cc1ccc(S[C@H](C)C(=O)NCCCc2nnc(N)s2)cc1. The van der Waals surface area contributed by atoms with E-state index in [0.29, 0.717) is 11.7 Å². The number of rotatable bonds is 7. The van der Waals surface area contributed by atoms with E-state index in [2.05, 4.69) is 34.6 Å². The molecule has 0 unspecified atom stereocenters. The van der Waals surface area contributed by atoms with Crippen molar-refractivity contribution in [2.24, 2.45) is 0 Å². The molecule has 2 aromatic rings. The van der Waals surface area contributed by atoms with E-state index >= 15 is 0 Å². The smallest absolute Gasteiger partial charge is 0.233 e. The highest BCUT2D eigenvalue weighted by Crippen LogP contribution is 2.23. The second kappa shape index (κ2) is 8.14. The molecule has 0 radical (unpaired) electrons. The van der Waals surface area contributed by atoms with Gasteiger partial charge in [-0.3, -0.25) is 4.79 Å². The van der Waals surface area contributed by atoms with Crippen LogP contribution < -0.4 is 11.1 Å². The number of hydrogen-bond donors (Lipinski definition) is 2. The van der Waals surface area contributed by atoms with E-state index in [0.717, 1.165) is 22.7 Å². The zero-order valence-electron chi connectivity index (χ0n) is 12.7. The van der Waals surface area contributed by atoms with E-state index in [1.807, 2.05) is 19.1 Å². The highest BCUT2D eigenvalue weighted by atomic mass is 32.2. The highest BCUT2D eigenvalue weighted by molar-refractivity contribution is 8.00. The molecule has 1 atom stereocenters.